The van der Waals surface area contributed by atoms with E-state index < -0.39 is 37.3 Å². The van der Waals surface area contributed by atoms with Gasteiger partial charge >= 0.3 is 6.03 Å². The number of rotatable bonds is 13. The fraction of sp³-hybridized carbons (Fsp3) is 0.610. The third kappa shape index (κ3) is 9.38. The summed E-state index contributed by atoms with van der Waals surface area (Å²) in [6, 6.07) is 13.7. The van der Waals surface area contributed by atoms with Gasteiger partial charge in [0.25, 0.3) is 0 Å². The lowest BCUT2D eigenvalue weighted by molar-refractivity contribution is -0.250. The standard InChI is InChI=1S/C41H59N5O8/c1-27(2)22-42-40(52)43-23-34(48)45-18-14-41(15-19-45)13-5-16-44(26-41)17-6-20-53-31-11-9-29(10-12-31)21-30-24-46(32-8-4-7-28(3)35(30)32)39-38(51)37(50)36(49)33(25-47)54-39/h4,7-12,24,27,33,36-39,47,49-51H,5-6,13-23,25-26H2,1-3H3,(H2,42,43,52)/t33-,36-,37-,38+,39-/m1/s1. The molecular weight excluding hydrogens is 690 g/mol. The summed E-state index contributed by atoms with van der Waals surface area (Å²) in [6.45, 7) is 11.4. The monoisotopic (exact) mass is 749 g/mol. The third-order valence-corrected chi connectivity index (χ3v) is 11.5. The van der Waals surface area contributed by atoms with E-state index in [0.717, 1.165) is 91.7 Å². The van der Waals surface area contributed by atoms with E-state index >= 15 is 0 Å². The van der Waals surface area contributed by atoms with Crippen LogP contribution in [-0.2, 0) is 16.0 Å². The number of urea groups is 1. The second-order valence-electron chi connectivity index (χ2n) is 16.0. The first-order valence-electron chi connectivity index (χ1n) is 19.6. The van der Waals surface area contributed by atoms with Crippen LogP contribution in [0.1, 0.15) is 68.9 Å². The second-order valence-corrected chi connectivity index (χ2v) is 16.0. The van der Waals surface area contributed by atoms with E-state index in [4.69, 9.17) is 9.47 Å². The van der Waals surface area contributed by atoms with Gasteiger partial charge in [-0.15, -0.1) is 0 Å². The van der Waals surface area contributed by atoms with Crippen molar-refractivity contribution in [3.05, 3.63) is 65.4 Å². The Bertz CT molecular complexity index is 1700. The average molecular weight is 750 g/mol. The minimum atomic E-state index is -1.46. The van der Waals surface area contributed by atoms with E-state index in [2.05, 4.69) is 27.7 Å². The molecule has 3 saturated heterocycles. The molecule has 3 aliphatic heterocycles. The molecule has 13 nitrogen and oxygen atoms in total. The number of carbonyl (C=O) groups is 2. The van der Waals surface area contributed by atoms with Crippen LogP contribution in [0.4, 0.5) is 4.79 Å². The molecule has 3 amide bonds. The minimum Gasteiger partial charge on any atom is -0.494 e. The molecule has 0 unspecified atom stereocenters. The van der Waals surface area contributed by atoms with Gasteiger partial charge in [-0.1, -0.05) is 38.1 Å². The molecule has 2 aromatic carbocycles. The van der Waals surface area contributed by atoms with Crippen LogP contribution in [0.25, 0.3) is 10.9 Å². The van der Waals surface area contributed by atoms with Crippen molar-refractivity contribution in [1.82, 2.24) is 25.0 Å². The van der Waals surface area contributed by atoms with Crippen LogP contribution in [0.15, 0.2) is 48.7 Å². The van der Waals surface area contributed by atoms with Gasteiger partial charge in [-0.25, -0.2) is 4.79 Å². The number of aromatic nitrogens is 1. The molecule has 1 aromatic heterocycles. The van der Waals surface area contributed by atoms with E-state index in [0.29, 0.717) is 25.5 Å². The molecule has 3 aromatic rings. The van der Waals surface area contributed by atoms with Crippen LogP contribution in [0.2, 0.25) is 0 Å². The Labute approximate surface area is 318 Å². The Balaban J connectivity index is 0.966. The summed E-state index contributed by atoms with van der Waals surface area (Å²) >= 11 is 0. The molecule has 13 heteroatoms. The lowest BCUT2D eigenvalue weighted by Gasteiger charge is -2.47. The number of nitrogens with zero attached hydrogens (tertiary/aromatic N) is 3. The molecule has 54 heavy (non-hydrogen) atoms. The predicted octanol–water partition coefficient (Wildman–Crippen LogP) is 2.94. The lowest BCUT2D eigenvalue weighted by atomic mass is 9.72. The van der Waals surface area contributed by atoms with Crippen molar-refractivity contribution in [2.24, 2.45) is 11.3 Å². The van der Waals surface area contributed by atoms with Crippen LogP contribution >= 0.6 is 0 Å². The van der Waals surface area contributed by atoms with Crippen molar-refractivity contribution in [3.63, 3.8) is 0 Å². The Kier molecular flexibility index (Phi) is 13.2. The molecule has 3 fully saturated rings. The maximum Gasteiger partial charge on any atom is 0.315 e. The number of piperidine rings is 2. The summed E-state index contributed by atoms with van der Waals surface area (Å²) in [5, 5.41) is 47.9. The van der Waals surface area contributed by atoms with E-state index in [1.807, 2.05) is 62.2 Å². The quantitative estimate of drug-likeness (QED) is 0.144. The summed E-state index contributed by atoms with van der Waals surface area (Å²) in [5.41, 5.74) is 4.27. The summed E-state index contributed by atoms with van der Waals surface area (Å²) in [6.07, 6.45) is 1.60. The molecule has 0 aliphatic carbocycles. The van der Waals surface area contributed by atoms with Crippen LogP contribution in [-0.4, -0.2) is 130 Å². The number of benzene rings is 2. The van der Waals surface area contributed by atoms with Crippen molar-refractivity contribution in [1.29, 1.82) is 0 Å². The number of ether oxygens (including phenoxy) is 2. The highest BCUT2D eigenvalue weighted by Crippen LogP contribution is 2.40. The van der Waals surface area contributed by atoms with Crippen LogP contribution in [0.3, 0.4) is 0 Å². The second kappa shape index (κ2) is 17.8. The minimum absolute atomic E-state index is 0.0167. The zero-order valence-corrected chi connectivity index (χ0v) is 32.0. The first kappa shape index (κ1) is 40.0. The van der Waals surface area contributed by atoms with Crippen LogP contribution in [0.5, 0.6) is 5.75 Å². The van der Waals surface area contributed by atoms with E-state index in [-0.39, 0.29) is 23.9 Å². The lowest BCUT2D eigenvalue weighted by Crippen LogP contribution is -2.56. The van der Waals surface area contributed by atoms with Gasteiger partial charge in [-0.2, -0.15) is 0 Å². The number of carbonyl (C=O) groups excluding carboxylic acids is 2. The Morgan fingerprint density at radius 2 is 1.74 bits per heavy atom. The molecule has 4 heterocycles. The third-order valence-electron chi connectivity index (χ3n) is 11.5. The summed E-state index contributed by atoms with van der Waals surface area (Å²) in [5.74, 6) is 1.16. The Morgan fingerprint density at radius 3 is 2.46 bits per heavy atom. The molecule has 0 bridgehead atoms. The van der Waals surface area contributed by atoms with Gasteiger partial charge < -0.3 is 54.9 Å². The number of aliphatic hydroxyl groups is 4. The number of amides is 3. The van der Waals surface area contributed by atoms with Crippen LogP contribution < -0.4 is 15.4 Å². The summed E-state index contributed by atoms with van der Waals surface area (Å²) in [7, 11) is 0. The topological polar surface area (TPSA) is 169 Å². The maximum absolute atomic E-state index is 12.8. The van der Waals surface area contributed by atoms with Gasteiger partial charge in [0.15, 0.2) is 6.23 Å². The van der Waals surface area contributed by atoms with E-state index in [9.17, 15) is 30.0 Å². The van der Waals surface area contributed by atoms with Gasteiger partial charge in [0.05, 0.1) is 25.3 Å². The molecule has 5 atom stereocenters. The SMILES string of the molecule is Cc1cccc2c1c(Cc1ccc(OCCCN3CCCC4(CCN(C(=O)CNC(=O)NCC(C)C)CC4)C3)cc1)cn2[C@@H]1O[C@H](CO)[C@@H](O)[C@@H](O)[C@@H]1O. The van der Waals surface area contributed by atoms with Crippen molar-refractivity contribution in [3.8, 4) is 5.75 Å². The van der Waals surface area contributed by atoms with Crippen molar-refractivity contribution in [2.75, 3.05) is 59.0 Å². The highest BCUT2D eigenvalue weighted by Gasteiger charge is 2.45. The van der Waals surface area contributed by atoms with Crippen molar-refractivity contribution in [2.45, 2.75) is 89.9 Å². The summed E-state index contributed by atoms with van der Waals surface area (Å²) in [4.78, 5) is 29.2. The number of fused-ring (bicyclic) bond motifs is 1. The number of likely N-dealkylation sites (tertiary alicyclic amines) is 2. The fourth-order valence-corrected chi connectivity index (χ4v) is 8.41. The first-order chi connectivity index (χ1) is 26.0. The maximum atomic E-state index is 12.8. The van der Waals surface area contributed by atoms with Gasteiger partial charge in [-0.3, -0.25) is 4.79 Å². The smallest absolute Gasteiger partial charge is 0.315 e. The van der Waals surface area contributed by atoms with Crippen molar-refractivity contribution >= 4 is 22.8 Å². The molecule has 0 saturated carbocycles. The molecule has 296 valence electrons. The van der Waals surface area contributed by atoms with Crippen LogP contribution in [0, 0.1) is 18.3 Å². The summed E-state index contributed by atoms with van der Waals surface area (Å²) < 4.78 is 13.8. The molecule has 0 radical (unpaired) electrons. The van der Waals surface area contributed by atoms with E-state index in [1.54, 1.807) is 4.57 Å². The zero-order valence-electron chi connectivity index (χ0n) is 32.0. The van der Waals surface area contributed by atoms with Gasteiger partial charge in [0.1, 0.15) is 30.2 Å². The van der Waals surface area contributed by atoms with Gasteiger partial charge in [-0.05, 0) is 98.2 Å². The molecule has 1 spiro atoms. The molecule has 6 N–H and O–H groups in total. The Hall–Kier alpha value is -3.72. The number of aliphatic hydroxyl groups excluding tert-OH is 4. The first-order valence-corrected chi connectivity index (χ1v) is 19.6. The normalized spacial score (nSPS) is 24.6. The zero-order chi connectivity index (χ0) is 38.4. The number of nitrogens with one attached hydrogen (secondary N) is 2. The largest absolute Gasteiger partial charge is 0.494 e. The molecule has 6 rings (SSSR count). The van der Waals surface area contributed by atoms with Crippen molar-refractivity contribution < 1.29 is 39.5 Å². The van der Waals surface area contributed by atoms with Gasteiger partial charge in [0, 0.05) is 44.3 Å². The van der Waals surface area contributed by atoms with E-state index in [1.165, 1.54) is 6.42 Å². The average Bonchev–Trinajstić information content (AvgIpc) is 3.53. The highest BCUT2D eigenvalue weighted by atomic mass is 16.6. The number of hydrogen-bond donors (Lipinski definition) is 6. The Morgan fingerprint density at radius 1 is 0.981 bits per heavy atom. The number of hydrogen-bond acceptors (Lipinski definition) is 9. The fourth-order valence-electron chi connectivity index (χ4n) is 8.41. The molecule has 3 aliphatic rings. The predicted molar refractivity (Wildman–Crippen MR) is 205 cm³/mol. The number of aryl methyl sites for hydroxylation is 1. The van der Waals surface area contributed by atoms with Gasteiger partial charge in [0.2, 0.25) is 5.91 Å². The molecular formula is C41H59N5O8. The highest BCUT2D eigenvalue weighted by molar-refractivity contribution is 5.87.